The molecule has 30 heavy (non-hydrogen) atoms. The van der Waals surface area contributed by atoms with Gasteiger partial charge >= 0.3 is 0 Å². The van der Waals surface area contributed by atoms with Crippen LogP contribution in [0.15, 0.2) is 51.4 Å². The Hall–Kier alpha value is -1.86. The molecule has 162 valence electrons. The molecule has 0 saturated heterocycles. The van der Waals surface area contributed by atoms with E-state index in [4.69, 9.17) is 4.74 Å². The van der Waals surface area contributed by atoms with Gasteiger partial charge in [0.1, 0.15) is 11.8 Å². The van der Waals surface area contributed by atoms with Crippen LogP contribution in [0.4, 0.5) is 0 Å². The summed E-state index contributed by atoms with van der Waals surface area (Å²) < 4.78 is 7.62. The summed E-state index contributed by atoms with van der Waals surface area (Å²) in [6.07, 6.45) is 0. The van der Waals surface area contributed by atoms with Crippen LogP contribution in [0.5, 0.6) is 5.75 Å². The summed E-state index contributed by atoms with van der Waals surface area (Å²) in [6, 6.07) is 12.7. The van der Waals surface area contributed by atoms with Crippen LogP contribution in [0.25, 0.3) is 0 Å². The lowest BCUT2D eigenvalue weighted by Gasteiger charge is -2.29. The second-order valence-electron chi connectivity index (χ2n) is 7.67. The number of nitrogens with one attached hydrogen (secondary N) is 1. The van der Waals surface area contributed by atoms with Gasteiger partial charge in [-0.1, -0.05) is 57.8 Å². The Bertz CT molecular complexity index is 887. The maximum Gasteiger partial charge on any atom is 0.261 e. The summed E-state index contributed by atoms with van der Waals surface area (Å²) in [5.41, 5.74) is 1.95. The predicted octanol–water partition coefficient (Wildman–Crippen LogP) is 5.09. The van der Waals surface area contributed by atoms with E-state index in [1.165, 1.54) is 0 Å². The van der Waals surface area contributed by atoms with Crippen LogP contribution in [0.3, 0.4) is 0 Å². The van der Waals surface area contributed by atoms with E-state index in [1.807, 2.05) is 63.2 Å². The Morgan fingerprint density at radius 3 is 2.47 bits per heavy atom. The topological polar surface area (TPSA) is 58.6 Å². The summed E-state index contributed by atoms with van der Waals surface area (Å²) in [5.74, 6) is 0.525. The van der Waals surface area contributed by atoms with Crippen LogP contribution in [0, 0.1) is 12.8 Å². The molecular formula is C23H28Br2N2O3. The Morgan fingerprint density at radius 1 is 1.10 bits per heavy atom. The van der Waals surface area contributed by atoms with Gasteiger partial charge in [-0.2, -0.15) is 0 Å². The van der Waals surface area contributed by atoms with E-state index in [0.717, 1.165) is 20.1 Å². The van der Waals surface area contributed by atoms with Crippen molar-refractivity contribution in [3.05, 3.63) is 62.5 Å². The smallest absolute Gasteiger partial charge is 0.261 e. The third-order valence-electron chi connectivity index (χ3n) is 4.59. The van der Waals surface area contributed by atoms with Crippen LogP contribution < -0.4 is 10.1 Å². The van der Waals surface area contributed by atoms with Crippen LogP contribution in [-0.2, 0) is 16.1 Å². The lowest BCUT2D eigenvalue weighted by molar-refractivity contribution is -0.142. The minimum Gasteiger partial charge on any atom is -0.484 e. The van der Waals surface area contributed by atoms with Crippen molar-refractivity contribution in [2.45, 2.75) is 40.3 Å². The summed E-state index contributed by atoms with van der Waals surface area (Å²) in [6.45, 7) is 8.51. The Morgan fingerprint density at radius 2 is 1.83 bits per heavy atom. The molecule has 7 heteroatoms. The van der Waals surface area contributed by atoms with Crippen molar-refractivity contribution in [1.82, 2.24) is 10.2 Å². The highest BCUT2D eigenvalue weighted by Crippen LogP contribution is 2.22. The van der Waals surface area contributed by atoms with Crippen molar-refractivity contribution in [3.8, 4) is 5.75 Å². The zero-order chi connectivity index (χ0) is 22.3. The van der Waals surface area contributed by atoms with Crippen LogP contribution in [0.2, 0.25) is 0 Å². The molecule has 0 radical (unpaired) electrons. The molecule has 0 aromatic heterocycles. The number of aryl methyl sites for hydroxylation is 1. The average molecular weight is 540 g/mol. The van der Waals surface area contributed by atoms with Gasteiger partial charge in [0.25, 0.3) is 5.91 Å². The van der Waals surface area contributed by atoms with Gasteiger partial charge in [0.05, 0.1) is 0 Å². The van der Waals surface area contributed by atoms with Gasteiger partial charge in [0.2, 0.25) is 5.91 Å². The fourth-order valence-electron chi connectivity index (χ4n) is 2.80. The number of hydrogen-bond donors (Lipinski definition) is 1. The maximum absolute atomic E-state index is 13.0. The number of nitrogens with zero attached hydrogens (tertiary/aromatic N) is 1. The normalized spacial score (nSPS) is 11.8. The molecule has 0 aliphatic rings. The van der Waals surface area contributed by atoms with E-state index in [2.05, 4.69) is 37.2 Å². The first kappa shape index (κ1) is 24.4. The van der Waals surface area contributed by atoms with Gasteiger partial charge in [-0.15, -0.1) is 0 Å². The number of carbonyl (C=O) groups is 2. The third kappa shape index (κ3) is 7.43. The lowest BCUT2D eigenvalue weighted by Crippen LogP contribution is -2.49. The van der Waals surface area contributed by atoms with Crippen molar-refractivity contribution in [2.75, 3.05) is 13.2 Å². The Labute approximate surface area is 195 Å². The number of benzene rings is 2. The summed E-state index contributed by atoms with van der Waals surface area (Å²) in [5, 5.41) is 2.91. The van der Waals surface area contributed by atoms with E-state index in [9.17, 15) is 9.59 Å². The number of halogens is 2. The molecule has 1 unspecified atom stereocenters. The third-order valence-corrected chi connectivity index (χ3v) is 5.97. The molecule has 0 saturated carbocycles. The van der Waals surface area contributed by atoms with Crippen LogP contribution >= 0.6 is 31.9 Å². The molecule has 1 atom stereocenters. The van der Waals surface area contributed by atoms with Crippen molar-refractivity contribution in [2.24, 2.45) is 5.92 Å². The highest BCUT2D eigenvalue weighted by Gasteiger charge is 2.26. The predicted molar refractivity (Wildman–Crippen MR) is 126 cm³/mol. The molecular weight excluding hydrogens is 512 g/mol. The van der Waals surface area contributed by atoms with Gasteiger partial charge < -0.3 is 15.0 Å². The van der Waals surface area contributed by atoms with Crippen molar-refractivity contribution in [3.63, 3.8) is 0 Å². The molecule has 2 amide bonds. The molecule has 0 fully saturated rings. The molecule has 1 N–H and O–H groups in total. The van der Waals surface area contributed by atoms with Gasteiger partial charge in [0.15, 0.2) is 6.61 Å². The minimum absolute atomic E-state index is 0.142. The fraction of sp³-hybridized carbons (Fsp3) is 0.391. The van der Waals surface area contributed by atoms with E-state index < -0.39 is 6.04 Å². The minimum atomic E-state index is -0.620. The zero-order valence-electron chi connectivity index (χ0n) is 17.7. The average Bonchev–Trinajstić information content (AvgIpc) is 2.70. The maximum atomic E-state index is 13.0. The summed E-state index contributed by atoms with van der Waals surface area (Å²) >= 11 is 6.91. The Balaban J connectivity index is 2.14. The summed E-state index contributed by atoms with van der Waals surface area (Å²) in [7, 11) is 0. The zero-order valence-corrected chi connectivity index (χ0v) is 20.9. The molecule has 2 aromatic rings. The Kier molecular flexibility index (Phi) is 9.37. The van der Waals surface area contributed by atoms with Gasteiger partial charge in [-0.25, -0.2) is 0 Å². The van der Waals surface area contributed by atoms with Crippen molar-refractivity contribution in [1.29, 1.82) is 0 Å². The highest BCUT2D eigenvalue weighted by molar-refractivity contribution is 9.10. The molecule has 2 aromatic carbocycles. The molecule has 2 rings (SSSR count). The van der Waals surface area contributed by atoms with E-state index >= 15 is 0 Å². The SMILES string of the molecule is Cc1cc(OCC(=O)N(Cc2cccc(Br)c2)C(C)C(=O)NCC(C)C)ccc1Br. The number of hydrogen-bond acceptors (Lipinski definition) is 3. The van der Waals surface area contributed by atoms with Gasteiger partial charge in [0, 0.05) is 22.0 Å². The first-order valence-electron chi connectivity index (χ1n) is 9.88. The van der Waals surface area contributed by atoms with Crippen molar-refractivity contribution < 1.29 is 14.3 Å². The molecule has 5 nitrogen and oxygen atoms in total. The number of carbonyl (C=O) groups excluding carboxylic acids is 2. The van der Waals surface area contributed by atoms with E-state index in [-0.39, 0.29) is 18.4 Å². The number of amides is 2. The van der Waals surface area contributed by atoms with Gasteiger partial charge in [-0.3, -0.25) is 9.59 Å². The first-order valence-corrected chi connectivity index (χ1v) is 11.5. The van der Waals surface area contributed by atoms with Crippen LogP contribution in [-0.4, -0.2) is 35.9 Å². The first-order chi connectivity index (χ1) is 14.2. The number of rotatable bonds is 9. The second kappa shape index (κ2) is 11.5. The van der Waals surface area contributed by atoms with E-state index in [1.54, 1.807) is 11.8 Å². The molecule has 0 aliphatic heterocycles. The molecule has 0 spiro atoms. The highest BCUT2D eigenvalue weighted by atomic mass is 79.9. The van der Waals surface area contributed by atoms with E-state index in [0.29, 0.717) is 24.8 Å². The lowest BCUT2D eigenvalue weighted by atomic mass is 10.1. The fourth-order valence-corrected chi connectivity index (χ4v) is 3.50. The monoisotopic (exact) mass is 538 g/mol. The number of ether oxygens (including phenoxy) is 1. The second-order valence-corrected chi connectivity index (χ2v) is 9.44. The molecule has 0 heterocycles. The standard InChI is InChI=1S/C23H28Br2N2O3/c1-15(2)12-26-23(29)17(4)27(13-18-6-5-7-19(24)11-18)22(28)14-30-20-8-9-21(25)16(3)10-20/h5-11,15,17H,12-14H2,1-4H3,(H,26,29). The molecule has 0 aliphatic carbocycles. The summed E-state index contributed by atoms with van der Waals surface area (Å²) in [4.78, 5) is 27.2. The van der Waals surface area contributed by atoms with Gasteiger partial charge in [-0.05, 0) is 61.2 Å². The van der Waals surface area contributed by atoms with Crippen molar-refractivity contribution >= 4 is 43.7 Å². The quantitative estimate of drug-likeness (QED) is 0.483. The largest absolute Gasteiger partial charge is 0.484 e. The molecule has 0 bridgehead atoms. The van der Waals surface area contributed by atoms with Crippen LogP contribution in [0.1, 0.15) is 31.9 Å².